The fourth-order valence-corrected chi connectivity index (χ4v) is 4.44. The van der Waals surface area contributed by atoms with E-state index in [4.69, 9.17) is 0 Å². The number of piperidine rings is 1. The minimum Gasteiger partial charge on any atom is -0.347 e. The third kappa shape index (κ3) is 4.42. The van der Waals surface area contributed by atoms with Crippen LogP contribution in [0.15, 0.2) is 12.3 Å². The number of pyridine rings is 1. The minimum absolute atomic E-state index is 0.00264. The van der Waals surface area contributed by atoms with Crippen LogP contribution in [-0.4, -0.2) is 77.8 Å². The smallest absolute Gasteiger partial charge is 0.270 e. The van der Waals surface area contributed by atoms with Gasteiger partial charge in [0.25, 0.3) is 5.91 Å². The summed E-state index contributed by atoms with van der Waals surface area (Å²) in [6.45, 7) is 7.53. The van der Waals surface area contributed by atoms with Crippen molar-refractivity contribution in [2.45, 2.75) is 32.7 Å². The second-order valence-corrected chi connectivity index (χ2v) is 8.54. The second-order valence-electron chi connectivity index (χ2n) is 8.54. The fraction of sp³-hybridized carbons (Fsp3) is 0.619. The monoisotopic (exact) mass is 399 g/mol. The molecule has 3 fully saturated rings. The lowest BCUT2D eigenvalue weighted by Gasteiger charge is -2.20. The average Bonchev–Trinajstić information content (AvgIpc) is 3.13. The number of nitrogens with one attached hydrogen (secondary N) is 2. The molecular formula is C21H29N5O3. The maximum Gasteiger partial charge on any atom is 0.270 e. The van der Waals surface area contributed by atoms with Gasteiger partial charge in [-0.1, -0.05) is 0 Å². The van der Waals surface area contributed by atoms with Crippen molar-refractivity contribution in [3.63, 3.8) is 0 Å². The molecule has 1 saturated carbocycles. The van der Waals surface area contributed by atoms with Crippen LogP contribution in [0.25, 0.3) is 0 Å². The molecule has 0 aromatic carbocycles. The first-order valence-corrected chi connectivity index (χ1v) is 10.4. The topological polar surface area (TPSA) is 94.6 Å². The van der Waals surface area contributed by atoms with Crippen LogP contribution in [0.1, 0.15) is 34.5 Å². The molecule has 3 atom stereocenters. The molecule has 8 heteroatoms. The zero-order chi connectivity index (χ0) is 20.5. The van der Waals surface area contributed by atoms with Gasteiger partial charge in [-0.2, -0.15) is 0 Å². The van der Waals surface area contributed by atoms with Gasteiger partial charge in [0, 0.05) is 38.4 Å². The minimum atomic E-state index is -0.128. The Morgan fingerprint density at radius 2 is 1.79 bits per heavy atom. The Hall–Kier alpha value is -2.48. The van der Waals surface area contributed by atoms with Crippen LogP contribution < -0.4 is 10.6 Å². The lowest BCUT2D eigenvalue weighted by Crippen LogP contribution is -2.43. The second kappa shape index (κ2) is 8.10. The molecule has 4 rings (SSSR count). The van der Waals surface area contributed by atoms with Crippen LogP contribution in [0.3, 0.4) is 0 Å². The summed E-state index contributed by atoms with van der Waals surface area (Å²) in [6.07, 6.45) is 3.83. The molecular weight excluding hydrogens is 370 g/mol. The lowest BCUT2D eigenvalue weighted by molar-refractivity contribution is -0.132. The Kier molecular flexibility index (Phi) is 5.54. The van der Waals surface area contributed by atoms with Crippen LogP contribution in [0.2, 0.25) is 0 Å². The van der Waals surface area contributed by atoms with Crippen LogP contribution in [-0.2, 0) is 9.59 Å². The van der Waals surface area contributed by atoms with Crippen molar-refractivity contribution in [1.29, 1.82) is 0 Å². The number of fused-ring (bicyclic) bond motifs is 1. The molecule has 1 aromatic rings. The Morgan fingerprint density at radius 1 is 1.10 bits per heavy atom. The Labute approximate surface area is 171 Å². The van der Waals surface area contributed by atoms with E-state index in [-0.39, 0.29) is 30.3 Å². The number of aryl methyl sites for hydroxylation is 2. The van der Waals surface area contributed by atoms with Crippen LogP contribution >= 0.6 is 0 Å². The number of likely N-dealkylation sites (tertiary alicyclic amines) is 2. The van der Waals surface area contributed by atoms with Crippen molar-refractivity contribution in [2.24, 2.45) is 11.8 Å². The number of amides is 3. The highest BCUT2D eigenvalue weighted by atomic mass is 16.2. The van der Waals surface area contributed by atoms with Gasteiger partial charge in [-0.05, 0) is 55.7 Å². The molecule has 1 aliphatic carbocycles. The standard InChI is InChI=1S/C21H29N5O3/c1-13-7-17(22-8-14(13)2)21(29)24-20-15-10-25(11-16(15)20)12-18(27)23-9-19(28)26-5-3-4-6-26/h7-8,15-16,20H,3-6,9-12H2,1-2H3,(H,23,27)(H,24,29)/t15-,16+,20?. The van der Waals surface area contributed by atoms with Gasteiger partial charge in [-0.3, -0.25) is 24.3 Å². The van der Waals surface area contributed by atoms with E-state index in [1.54, 1.807) is 6.20 Å². The molecule has 2 saturated heterocycles. The van der Waals surface area contributed by atoms with Crippen molar-refractivity contribution in [3.05, 3.63) is 29.1 Å². The summed E-state index contributed by atoms with van der Waals surface area (Å²) in [5.74, 6) is 0.549. The summed E-state index contributed by atoms with van der Waals surface area (Å²) < 4.78 is 0. The molecule has 3 heterocycles. The van der Waals surface area contributed by atoms with Crippen molar-refractivity contribution in [3.8, 4) is 0 Å². The lowest BCUT2D eigenvalue weighted by atomic mass is 10.1. The normalized spacial score (nSPS) is 25.6. The summed E-state index contributed by atoms with van der Waals surface area (Å²) in [5, 5.41) is 5.83. The summed E-state index contributed by atoms with van der Waals surface area (Å²) in [6, 6.07) is 1.99. The van der Waals surface area contributed by atoms with Crippen LogP contribution in [0, 0.1) is 25.7 Å². The molecule has 1 unspecified atom stereocenters. The van der Waals surface area contributed by atoms with E-state index in [1.165, 1.54) is 0 Å². The molecule has 29 heavy (non-hydrogen) atoms. The first-order chi connectivity index (χ1) is 13.9. The Morgan fingerprint density at radius 3 is 2.45 bits per heavy atom. The van der Waals surface area contributed by atoms with E-state index in [2.05, 4.69) is 20.5 Å². The average molecular weight is 399 g/mol. The number of aromatic nitrogens is 1. The van der Waals surface area contributed by atoms with E-state index in [9.17, 15) is 14.4 Å². The van der Waals surface area contributed by atoms with Crippen molar-refractivity contribution in [2.75, 3.05) is 39.3 Å². The van der Waals surface area contributed by atoms with E-state index in [0.29, 0.717) is 24.1 Å². The predicted octanol–water partition coefficient (Wildman–Crippen LogP) is 0.0970. The predicted molar refractivity (Wildman–Crippen MR) is 107 cm³/mol. The SMILES string of the molecule is Cc1cnc(C(=O)NC2[C@H]3CN(CC(=O)NCC(=O)N4CCCC4)C[C@@H]23)cc1C. The number of nitrogens with zero attached hydrogens (tertiary/aromatic N) is 3. The summed E-state index contributed by atoms with van der Waals surface area (Å²) in [5.41, 5.74) is 2.58. The Bertz CT molecular complexity index is 809. The van der Waals surface area contributed by atoms with Crippen molar-refractivity contribution < 1.29 is 14.4 Å². The molecule has 0 spiro atoms. The highest BCUT2D eigenvalue weighted by Crippen LogP contribution is 2.45. The zero-order valence-corrected chi connectivity index (χ0v) is 17.1. The number of carbonyl (C=O) groups is 3. The van der Waals surface area contributed by atoms with Gasteiger partial charge in [-0.25, -0.2) is 0 Å². The summed E-state index contributed by atoms with van der Waals surface area (Å²) in [7, 11) is 0. The van der Waals surface area contributed by atoms with Gasteiger partial charge < -0.3 is 15.5 Å². The highest BCUT2D eigenvalue weighted by molar-refractivity contribution is 5.93. The highest BCUT2D eigenvalue weighted by Gasteiger charge is 2.56. The largest absolute Gasteiger partial charge is 0.347 e. The molecule has 1 aromatic heterocycles. The zero-order valence-electron chi connectivity index (χ0n) is 17.1. The van der Waals surface area contributed by atoms with Crippen molar-refractivity contribution >= 4 is 17.7 Å². The first kappa shape index (κ1) is 19.8. The molecule has 0 bridgehead atoms. The number of hydrogen-bond donors (Lipinski definition) is 2. The van der Waals surface area contributed by atoms with Gasteiger partial charge in [0.15, 0.2) is 0 Å². The molecule has 156 valence electrons. The molecule has 3 amide bonds. The number of hydrogen-bond acceptors (Lipinski definition) is 5. The van der Waals surface area contributed by atoms with Crippen LogP contribution in [0.5, 0.6) is 0 Å². The van der Waals surface area contributed by atoms with Gasteiger partial charge in [0.05, 0.1) is 13.1 Å². The van der Waals surface area contributed by atoms with E-state index < -0.39 is 0 Å². The molecule has 8 nitrogen and oxygen atoms in total. The number of carbonyl (C=O) groups excluding carboxylic acids is 3. The van der Waals surface area contributed by atoms with Gasteiger partial charge in [0.2, 0.25) is 11.8 Å². The maximum absolute atomic E-state index is 12.4. The Balaban J connectivity index is 1.17. The van der Waals surface area contributed by atoms with Gasteiger partial charge >= 0.3 is 0 Å². The maximum atomic E-state index is 12.4. The molecule has 2 N–H and O–H groups in total. The van der Waals surface area contributed by atoms with Crippen LogP contribution in [0.4, 0.5) is 0 Å². The molecule has 0 radical (unpaired) electrons. The first-order valence-electron chi connectivity index (χ1n) is 10.4. The fourth-order valence-electron chi connectivity index (χ4n) is 4.44. The summed E-state index contributed by atoms with van der Waals surface area (Å²) >= 11 is 0. The van der Waals surface area contributed by atoms with E-state index >= 15 is 0 Å². The number of rotatable bonds is 6. The van der Waals surface area contributed by atoms with Gasteiger partial charge in [0.1, 0.15) is 5.69 Å². The quantitative estimate of drug-likeness (QED) is 0.707. The summed E-state index contributed by atoms with van der Waals surface area (Å²) in [4.78, 5) is 44.7. The van der Waals surface area contributed by atoms with E-state index in [0.717, 1.165) is 50.1 Å². The third-order valence-corrected chi connectivity index (χ3v) is 6.44. The van der Waals surface area contributed by atoms with Gasteiger partial charge in [-0.15, -0.1) is 0 Å². The van der Waals surface area contributed by atoms with E-state index in [1.807, 2.05) is 24.8 Å². The van der Waals surface area contributed by atoms with Crippen molar-refractivity contribution in [1.82, 2.24) is 25.4 Å². The molecule has 3 aliphatic rings. The molecule has 2 aliphatic heterocycles. The third-order valence-electron chi connectivity index (χ3n) is 6.44.